The Morgan fingerprint density at radius 1 is 0.154 bits per heavy atom. The molecule has 0 fully saturated rings. The second-order valence-electron chi connectivity index (χ2n) is 26.4. The fraction of sp³-hybridized carbons (Fsp3) is 0. The van der Waals surface area contributed by atoms with Gasteiger partial charge in [-0.2, -0.15) is 0 Å². The molecule has 0 radical (unpaired) electrons. The van der Waals surface area contributed by atoms with Crippen LogP contribution in [0.5, 0.6) is 0 Å². The summed E-state index contributed by atoms with van der Waals surface area (Å²) < 4.78 is 0. The topological polar surface area (TPSA) is 103 Å². The summed E-state index contributed by atoms with van der Waals surface area (Å²) in [6.45, 7) is 0. The van der Waals surface area contributed by atoms with Gasteiger partial charge in [0.05, 0.1) is 77.9 Å². The monoisotopic (exact) mass is 1320 g/mol. The highest BCUT2D eigenvalue weighted by molar-refractivity contribution is 6.23. The Bertz CT molecular complexity index is 6970. The van der Waals surface area contributed by atoms with Gasteiger partial charge in [0.25, 0.3) is 0 Å². The van der Waals surface area contributed by atoms with Crippen LogP contribution in [0.25, 0.3) is 209 Å². The Labute approximate surface area is 597 Å². The lowest BCUT2D eigenvalue weighted by Gasteiger charge is -2.18. The number of benzene rings is 13. The van der Waals surface area contributed by atoms with Gasteiger partial charge in [0, 0.05) is 78.1 Å². The Hall–Kier alpha value is -14.1. The third-order valence-electron chi connectivity index (χ3n) is 20.4. The number of pyridine rings is 8. The van der Waals surface area contributed by atoms with Gasteiger partial charge in [-0.05, 0) is 138 Å². The van der Waals surface area contributed by atoms with Crippen molar-refractivity contribution in [2.24, 2.45) is 0 Å². The summed E-state index contributed by atoms with van der Waals surface area (Å²) in [6, 6.07) is 119. The first-order chi connectivity index (χ1) is 51.6. The molecule has 0 aliphatic heterocycles. The van der Waals surface area contributed by atoms with E-state index in [2.05, 4.69) is 301 Å². The summed E-state index contributed by atoms with van der Waals surface area (Å²) in [6.07, 6.45) is 3.60. The first-order valence-corrected chi connectivity index (χ1v) is 35.0. The molecule has 8 heterocycles. The highest BCUT2D eigenvalue weighted by atomic mass is 14.8. The minimum Gasteiger partial charge on any atom is -0.255 e. The molecule has 8 heteroatoms. The molecule has 0 aliphatic rings. The van der Waals surface area contributed by atoms with E-state index in [9.17, 15) is 0 Å². The third-order valence-corrected chi connectivity index (χ3v) is 20.4. The summed E-state index contributed by atoms with van der Waals surface area (Å²) in [4.78, 5) is 40.0. The van der Waals surface area contributed by atoms with Crippen LogP contribution in [0.4, 0.5) is 0 Å². The van der Waals surface area contributed by atoms with Gasteiger partial charge in [-0.1, -0.05) is 267 Å². The Morgan fingerprint density at radius 3 is 1.02 bits per heavy atom. The van der Waals surface area contributed by atoms with Crippen LogP contribution in [0.2, 0.25) is 0 Å². The summed E-state index contributed by atoms with van der Waals surface area (Å²) >= 11 is 0. The zero-order valence-corrected chi connectivity index (χ0v) is 56.1. The van der Waals surface area contributed by atoms with E-state index in [1.165, 1.54) is 49.5 Å². The van der Waals surface area contributed by atoms with Crippen molar-refractivity contribution in [2.75, 3.05) is 0 Å². The molecule has 0 amide bonds. The number of rotatable bonds is 8. The summed E-state index contributed by atoms with van der Waals surface area (Å²) in [5, 5.41) is 13.7. The maximum atomic E-state index is 5.51. The molecule has 104 heavy (non-hydrogen) atoms. The largest absolute Gasteiger partial charge is 0.255 e. The molecule has 0 saturated carbocycles. The molecule has 0 unspecified atom stereocenters. The second-order valence-corrected chi connectivity index (χ2v) is 26.4. The van der Waals surface area contributed by atoms with Gasteiger partial charge in [0.1, 0.15) is 0 Å². The predicted octanol–water partition coefficient (Wildman–Crippen LogP) is 24.6. The number of fused-ring (bicyclic) bond motifs is 13. The number of hydrogen-bond acceptors (Lipinski definition) is 8. The van der Waals surface area contributed by atoms with E-state index >= 15 is 0 Å². The number of para-hydroxylation sites is 2. The van der Waals surface area contributed by atoms with E-state index in [4.69, 9.17) is 29.9 Å². The second kappa shape index (κ2) is 25.0. The third kappa shape index (κ3) is 10.3. The van der Waals surface area contributed by atoms with Crippen molar-refractivity contribution in [1.82, 2.24) is 39.9 Å². The molecule has 0 N–H and O–H groups in total. The van der Waals surface area contributed by atoms with Crippen LogP contribution in [-0.4, -0.2) is 39.9 Å². The molecule has 21 rings (SSSR count). The van der Waals surface area contributed by atoms with Gasteiger partial charge in [0.15, 0.2) is 0 Å². The van der Waals surface area contributed by atoms with Crippen molar-refractivity contribution in [3.8, 4) is 89.5 Å². The standard InChI is InChI=1S/C50H30N4.C46H28N4/c1-2-11-32(12-3-1)47-39-17-8-9-18-42(39)53-50-40(47)26-24-34-25-27-45(54-49(34)50)48-37-15-6-4-13-35(37)46(36-14-5-7-16-38(36)48)33-22-20-31(21-23-33)41-28-29-43-44(52-41)19-10-30-51-43;1-2-9-31(10-3-1)44-37-13-6-7-14-40(37)50-46-38(44)22-20-32-21-25-41(49-45(32)46)36-24-23-33(34-11-4-5-12-35(34)36)29-16-18-30(19-17-29)39-26-27-42-43(48-39)15-8-28-47-42/h1-30H;1-28H. The Balaban J connectivity index is 0.000000139. The molecule has 0 spiro atoms. The van der Waals surface area contributed by atoms with Crippen molar-refractivity contribution in [1.29, 1.82) is 0 Å². The molecular formula is C96H58N8. The zero-order chi connectivity index (χ0) is 68.6. The molecule has 8 nitrogen and oxygen atoms in total. The van der Waals surface area contributed by atoms with Crippen LogP contribution >= 0.6 is 0 Å². The lowest BCUT2D eigenvalue weighted by Crippen LogP contribution is -1.95. The maximum absolute atomic E-state index is 5.51. The summed E-state index contributed by atoms with van der Waals surface area (Å²) in [5.74, 6) is 0. The summed E-state index contributed by atoms with van der Waals surface area (Å²) in [7, 11) is 0. The minimum atomic E-state index is 0.891. The average molecular weight is 1320 g/mol. The van der Waals surface area contributed by atoms with E-state index < -0.39 is 0 Å². The van der Waals surface area contributed by atoms with E-state index in [1.807, 2.05) is 48.5 Å². The van der Waals surface area contributed by atoms with Crippen LogP contribution in [0.15, 0.2) is 352 Å². The highest BCUT2D eigenvalue weighted by Crippen LogP contribution is 2.46. The lowest BCUT2D eigenvalue weighted by molar-refractivity contribution is 1.33. The van der Waals surface area contributed by atoms with Gasteiger partial charge < -0.3 is 0 Å². The molecule has 0 bridgehead atoms. The number of nitrogens with zero attached hydrogens (tertiary/aromatic N) is 8. The van der Waals surface area contributed by atoms with Crippen molar-refractivity contribution in [3.63, 3.8) is 0 Å². The van der Waals surface area contributed by atoms with Crippen LogP contribution < -0.4 is 0 Å². The molecule has 0 atom stereocenters. The van der Waals surface area contributed by atoms with Gasteiger partial charge in [-0.15, -0.1) is 0 Å². The normalized spacial score (nSPS) is 11.7. The van der Waals surface area contributed by atoms with Gasteiger partial charge in [0.2, 0.25) is 0 Å². The van der Waals surface area contributed by atoms with E-state index in [0.717, 1.165) is 160 Å². The molecule has 13 aromatic carbocycles. The quantitative estimate of drug-likeness (QED) is 0.109. The fourth-order valence-electron chi connectivity index (χ4n) is 15.5. The molecular weight excluding hydrogens is 1270 g/mol. The average Bonchev–Trinajstić information content (AvgIpc) is 0.732. The van der Waals surface area contributed by atoms with Gasteiger partial charge in [-0.3, -0.25) is 9.97 Å². The Morgan fingerprint density at radius 2 is 0.510 bits per heavy atom. The smallest absolute Gasteiger partial charge is 0.0978 e. The van der Waals surface area contributed by atoms with Crippen LogP contribution in [-0.2, 0) is 0 Å². The van der Waals surface area contributed by atoms with Crippen molar-refractivity contribution < 1.29 is 0 Å². The number of hydrogen-bond donors (Lipinski definition) is 0. The van der Waals surface area contributed by atoms with Gasteiger partial charge in [-0.25, -0.2) is 29.9 Å². The van der Waals surface area contributed by atoms with E-state index in [-0.39, 0.29) is 0 Å². The summed E-state index contributed by atoms with van der Waals surface area (Å²) in [5.41, 5.74) is 26.6. The maximum Gasteiger partial charge on any atom is 0.0978 e. The van der Waals surface area contributed by atoms with Crippen molar-refractivity contribution >= 4 is 120 Å². The zero-order valence-electron chi connectivity index (χ0n) is 56.1. The molecule has 8 aromatic heterocycles. The predicted molar refractivity (Wildman–Crippen MR) is 431 cm³/mol. The molecule has 482 valence electrons. The van der Waals surface area contributed by atoms with Crippen LogP contribution in [0.3, 0.4) is 0 Å². The van der Waals surface area contributed by atoms with Crippen molar-refractivity contribution in [3.05, 3.63) is 352 Å². The van der Waals surface area contributed by atoms with Gasteiger partial charge >= 0.3 is 0 Å². The van der Waals surface area contributed by atoms with Crippen LogP contribution in [0, 0.1) is 0 Å². The SMILES string of the molecule is c1ccc(-c2c3ccccc3nc3c2ccc2ccc(-c4c5ccccc5c(-c5ccc(-c6ccc7ncccc7n6)cc5)c5ccccc45)nc23)cc1.c1ccc(-c2c3ccccc3nc3c2ccc2ccc(-c4ccc(-c5ccc(-c6ccc7ncccc7n6)cc5)c5ccccc45)nc23)cc1. The molecule has 0 saturated heterocycles. The molecule has 0 aliphatic carbocycles. The minimum absolute atomic E-state index is 0.891. The first kappa shape index (κ1) is 59.9. The van der Waals surface area contributed by atoms with E-state index in [0.29, 0.717) is 0 Å². The lowest BCUT2D eigenvalue weighted by atomic mass is 9.87. The molecule has 21 aromatic rings. The highest BCUT2D eigenvalue weighted by Gasteiger charge is 2.22. The Kier molecular flexibility index (Phi) is 14.4. The van der Waals surface area contributed by atoms with Crippen LogP contribution in [0.1, 0.15) is 0 Å². The fourth-order valence-corrected chi connectivity index (χ4v) is 15.5. The first-order valence-electron chi connectivity index (χ1n) is 35.0. The van der Waals surface area contributed by atoms with Crippen molar-refractivity contribution in [2.45, 2.75) is 0 Å². The number of aromatic nitrogens is 8. The van der Waals surface area contributed by atoms with E-state index in [1.54, 1.807) is 12.4 Å².